The van der Waals surface area contributed by atoms with Gasteiger partial charge < -0.3 is 5.11 Å². The van der Waals surface area contributed by atoms with Gasteiger partial charge in [0, 0.05) is 24.7 Å². The molecule has 1 aliphatic rings. The number of aromatic nitrogens is 2. The van der Waals surface area contributed by atoms with Crippen LogP contribution in [0.3, 0.4) is 0 Å². The average molecular weight is 383 g/mol. The molecule has 0 atom stereocenters. The SMILES string of the molecule is O=C(O)c1cc(-c2ccccn2)nc2ccc(S(=O)(=O)N3CCCC3)cc12. The van der Waals surface area contributed by atoms with Crippen molar-refractivity contribution in [2.45, 2.75) is 17.7 Å². The van der Waals surface area contributed by atoms with E-state index in [-0.39, 0.29) is 10.5 Å². The first kappa shape index (κ1) is 17.6. The Morgan fingerprint density at radius 3 is 2.48 bits per heavy atom. The Hall–Kier alpha value is -2.84. The van der Waals surface area contributed by atoms with E-state index in [1.807, 2.05) is 0 Å². The summed E-state index contributed by atoms with van der Waals surface area (Å²) in [6.07, 6.45) is 3.28. The van der Waals surface area contributed by atoms with Gasteiger partial charge in [-0.1, -0.05) is 6.07 Å². The van der Waals surface area contributed by atoms with Gasteiger partial charge in [0.2, 0.25) is 10.0 Å². The topological polar surface area (TPSA) is 100 Å². The lowest BCUT2D eigenvalue weighted by Gasteiger charge is -2.16. The summed E-state index contributed by atoms with van der Waals surface area (Å²) in [6.45, 7) is 0.978. The highest BCUT2D eigenvalue weighted by Crippen LogP contribution is 2.28. The van der Waals surface area contributed by atoms with Crippen LogP contribution in [-0.4, -0.2) is 46.9 Å². The predicted molar refractivity (Wildman–Crippen MR) is 99.9 cm³/mol. The van der Waals surface area contributed by atoms with Gasteiger partial charge in [-0.3, -0.25) is 4.98 Å². The van der Waals surface area contributed by atoms with Crippen molar-refractivity contribution in [3.05, 3.63) is 54.2 Å². The number of nitrogens with zero attached hydrogens (tertiary/aromatic N) is 3. The Kier molecular flexibility index (Phi) is 4.37. The maximum Gasteiger partial charge on any atom is 0.336 e. The van der Waals surface area contributed by atoms with Crippen molar-refractivity contribution >= 4 is 26.9 Å². The van der Waals surface area contributed by atoms with Gasteiger partial charge in [0.15, 0.2) is 0 Å². The third kappa shape index (κ3) is 3.17. The Morgan fingerprint density at radius 1 is 1.04 bits per heavy atom. The first-order valence-corrected chi connectivity index (χ1v) is 10.0. The smallest absolute Gasteiger partial charge is 0.336 e. The molecule has 2 aromatic heterocycles. The van der Waals surface area contributed by atoms with E-state index in [1.54, 1.807) is 30.5 Å². The maximum absolute atomic E-state index is 12.8. The fourth-order valence-corrected chi connectivity index (χ4v) is 4.81. The molecule has 27 heavy (non-hydrogen) atoms. The number of carboxylic acids is 1. The van der Waals surface area contributed by atoms with Crippen molar-refractivity contribution in [2.24, 2.45) is 0 Å². The van der Waals surface area contributed by atoms with E-state index in [2.05, 4.69) is 9.97 Å². The summed E-state index contributed by atoms with van der Waals surface area (Å²) in [4.78, 5) is 20.6. The monoisotopic (exact) mass is 383 g/mol. The largest absolute Gasteiger partial charge is 0.478 e. The van der Waals surface area contributed by atoms with Crippen molar-refractivity contribution in [1.29, 1.82) is 0 Å². The van der Waals surface area contributed by atoms with Gasteiger partial charge in [0.1, 0.15) is 0 Å². The summed E-state index contributed by atoms with van der Waals surface area (Å²) in [7, 11) is -3.63. The minimum Gasteiger partial charge on any atom is -0.478 e. The van der Waals surface area contributed by atoms with Crippen LogP contribution in [0.5, 0.6) is 0 Å². The molecule has 0 spiro atoms. The van der Waals surface area contributed by atoms with Crippen LogP contribution < -0.4 is 0 Å². The van der Waals surface area contributed by atoms with Crippen molar-refractivity contribution < 1.29 is 18.3 Å². The summed E-state index contributed by atoms with van der Waals surface area (Å²) in [5, 5.41) is 9.95. The molecule has 0 unspecified atom stereocenters. The van der Waals surface area contributed by atoms with Crippen LogP contribution in [-0.2, 0) is 10.0 Å². The Balaban J connectivity index is 1.89. The predicted octanol–water partition coefficient (Wildman–Crippen LogP) is 2.78. The summed E-state index contributed by atoms with van der Waals surface area (Å²) in [5.41, 5.74) is 1.39. The molecular weight excluding hydrogens is 366 g/mol. The number of pyridine rings is 2. The first-order chi connectivity index (χ1) is 13.0. The summed E-state index contributed by atoms with van der Waals surface area (Å²) in [6, 6.07) is 11.2. The molecular formula is C19H17N3O4S. The average Bonchev–Trinajstić information content (AvgIpc) is 3.23. The molecule has 3 aromatic rings. The zero-order valence-corrected chi connectivity index (χ0v) is 15.2. The summed E-state index contributed by atoms with van der Waals surface area (Å²) >= 11 is 0. The minimum absolute atomic E-state index is 0.000810. The van der Waals surface area contributed by atoms with Gasteiger partial charge >= 0.3 is 5.97 Å². The van der Waals surface area contributed by atoms with Crippen LogP contribution in [0.25, 0.3) is 22.3 Å². The van der Waals surface area contributed by atoms with Crippen LogP contribution in [0.2, 0.25) is 0 Å². The molecule has 0 saturated carbocycles. The van der Waals surface area contributed by atoms with Crippen LogP contribution in [0.4, 0.5) is 0 Å². The van der Waals surface area contributed by atoms with Crippen molar-refractivity contribution in [2.75, 3.05) is 13.1 Å². The molecule has 0 amide bonds. The third-order valence-corrected chi connectivity index (χ3v) is 6.54. The molecule has 1 N–H and O–H groups in total. The number of carbonyl (C=O) groups is 1. The van der Waals surface area contributed by atoms with Gasteiger partial charge in [-0.15, -0.1) is 0 Å². The van der Waals surface area contributed by atoms with Crippen molar-refractivity contribution in [3.63, 3.8) is 0 Å². The number of benzene rings is 1. The molecule has 1 saturated heterocycles. The molecule has 7 nitrogen and oxygen atoms in total. The van der Waals surface area contributed by atoms with E-state index < -0.39 is 16.0 Å². The van der Waals surface area contributed by atoms with Gasteiger partial charge in [-0.05, 0) is 49.2 Å². The van der Waals surface area contributed by atoms with Crippen molar-refractivity contribution in [1.82, 2.24) is 14.3 Å². The number of carboxylic acid groups (broad SMARTS) is 1. The molecule has 1 fully saturated rings. The number of aromatic carboxylic acids is 1. The highest BCUT2D eigenvalue weighted by Gasteiger charge is 2.28. The van der Waals surface area contributed by atoms with Gasteiger partial charge in [0.05, 0.1) is 27.4 Å². The van der Waals surface area contributed by atoms with Gasteiger partial charge in [0.25, 0.3) is 0 Å². The molecule has 1 aliphatic heterocycles. The molecule has 8 heteroatoms. The third-order valence-electron chi connectivity index (χ3n) is 4.64. The molecule has 1 aromatic carbocycles. The fourth-order valence-electron chi connectivity index (χ4n) is 3.27. The normalized spacial score (nSPS) is 15.3. The summed E-state index contributed by atoms with van der Waals surface area (Å²) in [5.74, 6) is -1.14. The fraction of sp³-hybridized carbons (Fsp3) is 0.211. The van der Waals surface area contributed by atoms with E-state index in [9.17, 15) is 18.3 Å². The van der Waals surface area contributed by atoms with Crippen LogP contribution in [0, 0.1) is 0 Å². The van der Waals surface area contributed by atoms with Gasteiger partial charge in [-0.2, -0.15) is 4.31 Å². The molecule has 0 aliphatic carbocycles. The number of fused-ring (bicyclic) bond motifs is 1. The second-order valence-electron chi connectivity index (χ2n) is 6.37. The molecule has 138 valence electrons. The summed E-state index contributed by atoms with van der Waals surface area (Å²) < 4.78 is 27.0. The lowest BCUT2D eigenvalue weighted by atomic mass is 10.1. The first-order valence-electron chi connectivity index (χ1n) is 8.56. The van der Waals surface area contributed by atoms with Crippen LogP contribution in [0.15, 0.2) is 53.6 Å². The van der Waals surface area contributed by atoms with E-state index in [1.165, 1.54) is 22.5 Å². The van der Waals surface area contributed by atoms with Crippen LogP contribution in [0.1, 0.15) is 23.2 Å². The van der Waals surface area contributed by atoms with Crippen LogP contribution >= 0.6 is 0 Å². The highest BCUT2D eigenvalue weighted by molar-refractivity contribution is 7.89. The zero-order chi connectivity index (χ0) is 19.0. The van der Waals surface area contributed by atoms with E-state index in [0.29, 0.717) is 35.4 Å². The number of hydrogen-bond donors (Lipinski definition) is 1. The Labute approximate surface area is 156 Å². The lowest BCUT2D eigenvalue weighted by molar-refractivity contribution is 0.0699. The molecule has 0 radical (unpaired) electrons. The molecule has 0 bridgehead atoms. The highest BCUT2D eigenvalue weighted by atomic mass is 32.2. The number of rotatable bonds is 4. The minimum atomic E-state index is -3.63. The molecule has 4 rings (SSSR count). The number of hydrogen-bond acceptors (Lipinski definition) is 5. The van der Waals surface area contributed by atoms with E-state index in [4.69, 9.17) is 0 Å². The quantitative estimate of drug-likeness (QED) is 0.743. The zero-order valence-electron chi connectivity index (χ0n) is 14.4. The van der Waals surface area contributed by atoms with E-state index >= 15 is 0 Å². The standard InChI is InChI=1S/C19H17N3O4S/c23-19(24)15-12-18(17-5-1-2-8-20-17)21-16-7-6-13(11-14(15)16)27(25,26)22-9-3-4-10-22/h1-2,5-8,11-12H,3-4,9-10H2,(H,23,24). The lowest BCUT2D eigenvalue weighted by Crippen LogP contribution is -2.27. The second kappa shape index (κ2) is 6.71. The Bertz CT molecular complexity index is 1120. The molecule has 3 heterocycles. The Morgan fingerprint density at radius 2 is 1.81 bits per heavy atom. The van der Waals surface area contributed by atoms with E-state index in [0.717, 1.165) is 12.8 Å². The van der Waals surface area contributed by atoms with Gasteiger partial charge in [-0.25, -0.2) is 18.2 Å². The van der Waals surface area contributed by atoms with Crippen molar-refractivity contribution in [3.8, 4) is 11.4 Å². The maximum atomic E-state index is 12.8. The second-order valence-corrected chi connectivity index (χ2v) is 8.30. The number of sulfonamides is 1.